The van der Waals surface area contributed by atoms with E-state index in [0.29, 0.717) is 18.0 Å². The van der Waals surface area contributed by atoms with Crippen molar-refractivity contribution in [3.63, 3.8) is 0 Å². The fourth-order valence-electron chi connectivity index (χ4n) is 1.87. The topological polar surface area (TPSA) is 48.0 Å². The minimum absolute atomic E-state index is 0.126. The van der Waals surface area contributed by atoms with E-state index in [4.69, 9.17) is 4.42 Å². The summed E-state index contributed by atoms with van der Waals surface area (Å²) in [5, 5.41) is 4.32. The molecular weight excluding hydrogens is 240 g/mol. The van der Waals surface area contributed by atoms with Crippen LogP contribution in [0.4, 0.5) is 0 Å². The van der Waals surface area contributed by atoms with E-state index in [1.165, 1.54) is 10.7 Å². The van der Waals surface area contributed by atoms with Gasteiger partial charge < -0.3 is 4.42 Å². The molecule has 2 aromatic heterocycles. The molecule has 0 aliphatic rings. The van der Waals surface area contributed by atoms with Crippen molar-refractivity contribution in [3.05, 3.63) is 76.8 Å². The minimum atomic E-state index is -0.126. The van der Waals surface area contributed by atoms with Gasteiger partial charge in [-0.1, -0.05) is 30.3 Å². The lowest BCUT2D eigenvalue weighted by Gasteiger charge is -2.05. The molecule has 3 aromatic rings. The van der Waals surface area contributed by atoms with Crippen molar-refractivity contribution in [2.45, 2.75) is 6.54 Å². The summed E-state index contributed by atoms with van der Waals surface area (Å²) in [7, 11) is 0. The highest BCUT2D eigenvalue weighted by Crippen LogP contribution is 2.15. The Morgan fingerprint density at radius 1 is 1.00 bits per heavy atom. The second-order valence-electron chi connectivity index (χ2n) is 4.18. The van der Waals surface area contributed by atoms with Gasteiger partial charge in [0.25, 0.3) is 5.56 Å². The molecule has 94 valence electrons. The first-order chi connectivity index (χ1) is 9.33. The van der Waals surface area contributed by atoms with Crippen LogP contribution in [0.3, 0.4) is 0 Å². The molecule has 0 unspecified atom stereocenters. The molecular formula is C15H12N2O2. The molecule has 0 aliphatic heterocycles. The van der Waals surface area contributed by atoms with E-state index >= 15 is 0 Å². The minimum Gasteiger partial charge on any atom is -0.463 e. The Hall–Kier alpha value is -2.62. The Kier molecular flexibility index (Phi) is 2.98. The first kappa shape index (κ1) is 11.5. The third-order valence-electron chi connectivity index (χ3n) is 2.82. The van der Waals surface area contributed by atoms with E-state index < -0.39 is 0 Å². The van der Waals surface area contributed by atoms with Gasteiger partial charge in [0.05, 0.1) is 12.8 Å². The molecule has 1 aromatic carbocycles. The van der Waals surface area contributed by atoms with E-state index in [1.54, 1.807) is 18.4 Å². The number of hydrogen-bond acceptors (Lipinski definition) is 3. The number of aromatic nitrogens is 2. The fourth-order valence-corrected chi connectivity index (χ4v) is 1.87. The summed E-state index contributed by atoms with van der Waals surface area (Å²) in [5.74, 6) is 0.654. The maximum Gasteiger partial charge on any atom is 0.267 e. The molecule has 0 spiro atoms. The molecule has 0 bridgehead atoms. The number of rotatable bonds is 3. The van der Waals surface area contributed by atoms with Crippen LogP contribution in [0.5, 0.6) is 0 Å². The number of benzene rings is 1. The van der Waals surface area contributed by atoms with Crippen molar-refractivity contribution in [1.29, 1.82) is 0 Å². The van der Waals surface area contributed by atoms with Crippen molar-refractivity contribution in [1.82, 2.24) is 9.78 Å². The Morgan fingerprint density at radius 2 is 1.84 bits per heavy atom. The zero-order chi connectivity index (χ0) is 13.1. The molecule has 0 N–H and O–H groups in total. The molecule has 0 atom stereocenters. The molecule has 2 heterocycles. The summed E-state index contributed by atoms with van der Waals surface area (Å²) in [4.78, 5) is 11.8. The Bertz CT molecular complexity index is 715. The van der Waals surface area contributed by atoms with Crippen LogP contribution in [0, 0.1) is 0 Å². The molecule has 0 amide bonds. The highest BCUT2D eigenvalue weighted by Gasteiger charge is 2.05. The Labute approximate surface area is 109 Å². The van der Waals surface area contributed by atoms with Crippen LogP contribution < -0.4 is 5.56 Å². The zero-order valence-corrected chi connectivity index (χ0v) is 10.2. The molecule has 0 fully saturated rings. The van der Waals surface area contributed by atoms with Crippen LogP contribution in [0.15, 0.2) is 70.1 Å². The van der Waals surface area contributed by atoms with Crippen LogP contribution in [-0.4, -0.2) is 9.78 Å². The lowest BCUT2D eigenvalue weighted by Crippen LogP contribution is -2.22. The van der Waals surface area contributed by atoms with Gasteiger partial charge in [0, 0.05) is 6.07 Å². The molecule has 0 radical (unpaired) electrons. The summed E-state index contributed by atoms with van der Waals surface area (Å²) in [5.41, 5.74) is 1.56. The molecule has 0 saturated heterocycles. The molecule has 4 nitrogen and oxygen atoms in total. The first-order valence-electron chi connectivity index (χ1n) is 5.99. The van der Waals surface area contributed by atoms with Gasteiger partial charge in [-0.05, 0) is 23.8 Å². The van der Waals surface area contributed by atoms with Crippen molar-refractivity contribution in [2.24, 2.45) is 0 Å². The Morgan fingerprint density at radius 3 is 2.58 bits per heavy atom. The van der Waals surface area contributed by atoms with Gasteiger partial charge in [-0.2, -0.15) is 5.10 Å². The second-order valence-corrected chi connectivity index (χ2v) is 4.18. The molecule has 0 saturated carbocycles. The smallest absolute Gasteiger partial charge is 0.267 e. The standard InChI is InChI=1S/C15H12N2O2/c18-15-9-8-13(14-7-4-10-19-14)16-17(15)11-12-5-2-1-3-6-12/h1-10H,11H2. The summed E-state index contributed by atoms with van der Waals surface area (Å²) < 4.78 is 6.72. The highest BCUT2D eigenvalue weighted by molar-refractivity contribution is 5.50. The number of nitrogens with zero attached hydrogens (tertiary/aromatic N) is 2. The SMILES string of the molecule is O=c1ccc(-c2ccco2)nn1Cc1ccccc1. The molecule has 0 aliphatic carbocycles. The van der Waals surface area contributed by atoms with Crippen molar-refractivity contribution < 1.29 is 4.42 Å². The third-order valence-corrected chi connectivity index (χ3v) is 2.82. The molecule has 3 rings (SSSR count). The normalized spacial score (nSPS) is 10.5. The van der Waals surface area contributed by atoms with Crippen LogP contribution in [0.2, 0.25) is 0 Å². The molecule has 4 heteroatoms. The van der Waals surface area contributed by atoms with Gasteiger partial charge in [0.2, 0.25) is 0 Å². The van der Waals surface area contributed by atoms with Gasteiger partial charge in [0.15, 0.2) is 5.76 Å². The maximum atomic E-state index is 11.8. The summed E-state index contributed by atoms with van der Waals surface area (Å²) in [6, 6.07) is 16.5. The average molecular weight is 252 g/mol. The average Bonchev–Trinajstić information content (AvgIpc) is 2.96. The summed E-state index contributed by atoms with van der Waals surface area (Å²) in [6.07, 6.45) is 1.59. The third kappa shape index (κ3) is 2.47. The van der Waals surface area contributed by atoms with Crippen LogP contribution in [-0.2, 0) is 6.54 Å². The van der Waals surface area contributed by atoms with E-state index in [-0.39, 0.29) is 5.56 Å². The molecule has 19 heavy (non-hydrogen) atoms. The summed E-state index contributed by atoms with van der Waals surface area (Å²) >= 11 is 0. The predicted molar refractivity (Wildman–Crippen MR) is 71.7 cm³/mol. The van der Waals surface area contributed by atoms with Crippen molar-refractivity contribution in [2.75, 3.05) is 0 Å². The van der Waals surface area contributed by atoms with Gasteiger partial charge in [-0.3, -0.25) is 4.79 Å². The predicted octanol–water partition coefficient (Wildman–Crippen LogP) is 2.55. The summed E-state index contributed by atoms with van der Waals surface area (Å²) in [6.45, 7) is 0.453. The van der Waals surface area contributed by atoms with Crippen molar-refractivity contribution in [3.8, 4) is 11.5 Å². The van der Waals surface area contributed by atoms with Gasteiger partial charge in [-0.15, -0.1) is 0 Å². The van der Waals surface area contributed by atoms with Crippen LogP contribution in [0.1, 0.15) is 5.56 Å². The lowest BCUT2D eigenvalue weighted by molar-refractivity contribution is 0.569. The van der Waals surface area contributed by atoms with Gasteiger partial charge >= 0.3 is 0 Å². The number of hydrogen-bond donors (Lipinski definition) is 0. The fraction of sp³-hybridized carbons (Fsp3) is 0.0667. The van der Waals surface area contributed by atoms with Crippen LogP contribution >= 0.6 is 0 Å². The van der Waals surface area contributed by atoms with E-state index in [2.05, 4.69) is 5.10 Å². The lowest BCUT2D eigenvalue weighted by atomic mass is 10.2. The van der Waals surface area contributed by atoms with Gasteiger partial charge in [-0.25, -0.2) is 4.68 Å². The van der Waals surface area contributed by atoms with E-state index in [9.17, 15) is 4.79 Å². The van der Waals surface area contributed by atoms with Crippen LogP contribution in [0.25, 0.3) is 11.5 Å². The second kappa shape index (κ2) is 4.94. The first-order valence-corrected chi connectivity index (χ1v) is 5.99. The number of furan rings is 1. The monoisotopic (exact) mass is 252 g/mol. The maximum absolute atomic E-state index is 11.8. The quantitative estimate of drug-likeness (QED) is 0.719. The van der Waals surface area contributed by atoms with E-state index in [1.807, 2.05) is 36.4 Å². The highest BCUT2D eigenvalue weighted by atomic mass is 16.3. The largest absolute Gasteiger partial charge is 0.463 e. The Balaban J connectivity index is 1.97. The van der Waals surface area contributed by atoms with E-state index in [0.717, 1.165) is 5.56 Å². The zero-order valence-electron chi connectivity index (χ0n) is 10.2. The van der Waals surface area contributed by atoms with Crippen molar-refractivity contribution >= 4 is 0 Å². The van der Waals surface area contributed by atoms with Gasteiger partial charge in [0.1, 0.15) is 5.69 Å².